The Bertz CT molecular complexity index is 732. The lowest BCUT2D eigenvalue weighted by Crippen LogP contribution is -2.03. The Morgan fingerprint density at radius 1 is 0.792 bits per heavy atom. The fraction of sp³-hybridized carbons (Fsp3) is 0.261. The molecule has 0 aliphatic rings. The van der Waals surface area contributed by atoms with E-state index in [0.717, 1.165) is 5.69 Å². The lowest BCUT2D eigenvalue weighted by Gasteiger charge is -2.21. The number of nitrogens with zero attached hydrogens (tertiary/aromatic N) is 1. The van der Waals surface area contributed by atoms with E-state index in [4.69, 9.17) is 0 Å². The van der Waals surface area contributed by atoms with Crippen LogP contribution in [0.5, 0.6) is 0 Å². The van der Waals surface area contributed by atoms with Crippen molar-refractivity contribution < 1.29 is 0 Å². The summed E-state index contributed by atoms with van der Waals surface area (Å²) in [6, 6.07) is 25.8. The Morgan fingerprint density at radius 3 is 2.12 bits per heavy atom. The van der Waals surface area contributed by atoms with Crippen LogP contribution in [0.1, 0.15) is 49.7 Å². The quantitative estimate of drug-likeness (QED) is 0.510. The molecule has 0 aliphatic heterocycles. The van der Waals surface area contributed by atoms with Crippen molar-refractivity contribution in [3.8, 4) is 11.3 Å². The van der Waals surface area contributed by atoms with Crippen molar-refractivity contribution in [1.29, 1.82) is 0 Å². The minimum atomic E-state index is 0.549. The van der Waals surface area contributed by atoms with Crippen molar-refractivity contribution in [3.63, 3.8) is 0 Å². The zero-order chi connectivity index (χ0) is 16.8. The van der Waals surface area contributed by atoms with Crippen LogP contribution < -0.4 is 0 Å². The van der Waals surface area contributed by atoms with Gasteiger partial charge in [0.15, 0.2) is 0 Å². The summed E-state index contributed by atoms with van der Waals surface area (Å²) in [7, 11) is 0. The van der Waals surface area contributed by atoms with Crippen LogP contribution in [-0.4, -0.2) is 4.98 Å². The summed E-state index contributed by atoms with van der Waals surface area (Å²) in [5, 5.41) is 0. The predicted octanol–water partition coefficient (Wildman–Crippen LogP) is 6.44. The average molecular weight is 315 g/mol. The van der Waals surface area contributed by atoms with E-state index in [1.165, 1.54) is 29.5 Å². The summed E-state index contributed by atoms with van der Waals surface area (Å²) < 4.78 is 0. The van der Waals surface area contributed by atoms with Crippen LogP contribution in [0.15, 0.2) is 79.0 Å². The van der Waals surface area contributed by atoms with E-state index >= 15 is 0 Å². The second kappa shape index (κ2) is 7.92. The maximum absolute atomic E-state index is 4.42. The Balaban J connectivity index is 1.72. The van der Waals surface area contributed by atoms with E-state index in [0.29, 0.717) is 11.8 Å². The van der Waals surface area contributed by atoms with Gasteiger partial charge >= 0.3 is 0 Å². The lowest BCUT2D eigenvalue weighted by molar-refractivity contribution is 0.544. The fourth-order valence-corrected chi connectivity index (χ4v) is 3.34. The van der Waals surface area contributed by atoms with Gasteiger partial charge < -0.3 is 0 Å². The molecule has 3 aromatic rings. The van der Waals surface area contributed by atoms with Gasteiger partial charge in [-0.25, -0.2) is 0 Å². The number of rotatable bonds is 6. The van der Waals surface area contributed by atoms with Crippen LogP contribution in [0.3, 0.4) is 0 Å². The van der Waals surface area contributed by atoms with E-state index in [1.54, 1.807) is 0 Å². The Kier molecular flexibility index (Phi) is 5.43. The summed E-state index contributed by atoms with van der Waals surface area (Å²) in [4.78, 5) is 4.42. The van der Waals surface area contributed by atoms with Crippen molar-refractivity contribution in [1.82, 2.24) is 4.98 Å². The molecule has 24 heavy (non-hydrogen) atoms. The molecule has 0 aliphatic carbocycles. The van der Waals surface area contributed by atoms with Gasteiger partial charge in [-0.1, -0.05) is 74.5 Å². The molecule has 0 radical (unpaired) electrons. The van der Waals surface area contributed by atoms with Gasteiger partial charge in [0, 0.05) is 11.8 Å². The molecular weight excluding hydrogens is 290 g/mol. The average Bonchev–Trinajstić information content (AvgIpc) is 2.67. The molecule has 0 N–H and O–H groups in total. The topological polar surface area (TPSA) is 12.9 Å². The highest BCUT2D eigenvalue weighted by Crippen LogP contribution is 2.32. The highest BCUT2D eigenvalue weighted by molar-refractivity contribution is 5.59. The van der Waals surface area contributed by atoms with Gasteiger partial charge in [-0.05, 0) is 47.9 Å². The summed E-state index contributed by atoms with van der Waals surface area (Å²) in [6.07, 6.45) is 4.21. The second-order valence-electron chi connectivity index (χ2n) is 6.49. The van der Waals surface area contributed by atoms with Crippen LogP contribution in [0, 0.1) is 0 Å². The monoisotopic (exact) mass is 315 g/mol. The number of aromatic nitrogens is 1. The van der Waals surface area contributed by atoms with Gasteiger partial charge in [0.05, 0.1) is 5.69 Å². The van der Waals surface area contributed by atoms with E-state index < -0.39 is 0 Å². The second-order valence-corrected chi connectivity index (χ2v) is 6.49. The SMILES string of the molecule is CCC(CC(C)c1ccc(-c2ccccn2)cc1)c1ccccc1. The van der Waals surface area contributed by atoms with Crippen molar-refractivity contribution >= 4 is 0 Å². The molecule has 0 amide bonds. The van der Waals surface area contributed by atoms with Gasteiger partial charge in [0.25, 0.3) is 0 Å². The van der Waals surface area contributed by atoms with Gasteiger partial charge in [0.2, 0.25) is 0 Å². The molecule has 2 atom stereocenters. The van der Waals surface area contributed by atoms with Crippen molar-refractivity contribution in [3.05, 3.63) is 90.1 Å². The first-order valence-electron chi connectivity index (χ1n) is 8.84. The van der Waals surface area contributed by atoms with E-state index in [-0.39, 0.29) is 0 Å². The number of pyridine rings is 1. The van der Waals surface area contributed by atoms with Gasteiger partial charge in [-0.2, -0.15) is 0 Å². The molecule has 3 rings (SSSR count). The number of hydrogen-bond donors (Lipinski definition) is 0. The van der Waals surface area contributed by atoms with Gasteiger partial charge in [-0.15, -0.1) is 0 Å². The van der Waals surface area contributed by atoms with E-state index in [1.807, 2.05) is 18.3 Å². The third-order valence-electron chi connectivity index (χ3n) is 4.84. The van der Waals surface area contributed by atoms with Crippen LogP contribution in [0.25, 0.3) is 11.3 Å². The third-order valence-corrected chi connectivity index (χ3v) is 4.84. The van der Waals surface area contributed by atoms with Gasteiger partial charge in [-0.3, -0.25) is 4.98 Å². The summed E-state index contributed by atoms with van der Waals surface area (Å²) in [6.45, 7) is 4.62. The molecule has 1 heterocycles. The molecule has 0 saturated carbocycles. The minimum absolute atomic E-state index is 0.549. The van der Waals surface area contributed by atoms with E-state index in [9.17, 15) is 0 Å². The number of benzene rings is 2. The smallest absolute Gasteiger partial charge is 0.0701 e. The molecule has 1 nitrogen and oxygen atoms in total. The molecule has 1 heteroatoms. The maximum Gasteiger partial charge on any atom is 0.0701 e. The standard InChI is InChI=1S/C23H25N/c1-3-19(21-9-5-4-6-10-21)17-18(2)20-12-14-22(15-13-20)23-11-7-8-16-24-23/h4-16,18-19H,3,17H2,1-2H3. The van der Waals surface area contributed by atoms with Crippen molar-refractivity contribution in [2.45, 2.75) is 38.5 Å². The van der Waals surface area contributed by atoms with Crippen LogP contribution in [0.4, 0.5) is 0 Å². The van der Waals surface area contributed by atoms with Crippen molar-refractivity contribution in [2.75, 3.05) is 0 Å². The van der Waals surface area contributed by atoms with Crippen LogP contribution in [-0.2, 0) is 0 Å². The first-order valence-corrected chi connectivity index (χ1v) is 8.84. The molecule has 2 unspecified atom stereocenters. The highest BCUT2D eigenvalue weighted by atomic mass is 14.7. The third kappa shape index (κ3) is 3.91. The molecule has 0 fully saturated rings. The Labute approximate surface area is 145 Å². The molecule has 0 spiro atoms. The predicted molar refractivity (Wildman–Crippen MR) is 102 cm³/mol. The summed E-state index contributed by atoms with van der Waals surface area (Å²) in [5.41, 5.74) is 5.08. The molecule has 2 aromatic carbocycles. The summed E-state index contributed by atoms with van der Waals surface area (Å²) in [5.74, 6) is 1.17. The minimum Gasteiger partial charge on any atom is -0.256 e. The zero-order valence-electron chi connectivity index (χ0n) is 14.5. The maximum atomic E-state index is 4.42. The summed E-state index contributed by atoms with van der Waals surface area (Å²) >= 11 is 0. The molecule has 0 saturated heterocycles. The van der Waals surface area contributed by atoms with Gasteiger partial charge in [0.1, 0.15) is 0 Å². The number of hydrogen-bond acceptors (Lipinski definition) is 1. The molecule has 122 valence electrons. The van der Waals surface area contributed by atoms with Crippen molar-refractivity contribution in [2.24, 2.45) is 0 Å². The normalized spacial score (nSPS) is 13.4. The van der Waals surface area contributed by atoms with Crippen LogP contribution >= 0.6 is 0 Å². The first kappa shape index (κ1) is 16.4. The van der Waals surface area contributed by atoms with Crippen LogP contribution in [0.2, 0.25) is 0 Å². The largest absolute Gasteiger partial charge is 0.256 e. The van der Waals surface area contributed by atoms with E-state index in [2.05, 4.69) is 79.5 Å². The first-order chi connectivity index (χ1) is 11.8. The Morgan fingerprint density at radius 2 is 1.50 bits per heavy atom. The molecular formula is C23H25N. The Hall–Kier alpha value is -2.41. The molecule has 0 bridgehead atoms. The lowest BCUT2D eigenvalue weighted by atomic mass is 9.84. The molecule has 1 aromatic heterocycles. The highest BCUT2D eigenvalue weighted by Gasteiger charge is 2.15. The fourth-order valence-electron chi connectivity index (χ4n) is 3.34. The zero-order valence-corrected chi connectivity index (χ0v) is 14.5.